The molecule has 0 aromatic rings. The quantitative estimate of drug-likeness (QED) is 0.679. The van der Waals surface area contributed by atoms with E-state index in [9.17, 15) is 8.42 Å². The first-order chi connectivity index (χ1) is 9.77. The van der Waals surface area contributed by atoms with Gasteiger partial charge in [0.25, 0.3) is 0 Å². The lowest BCUT2D eigenvalue weighted by Gasteiger charge is -2.44. The van der Waals surface area contributed by atoms with E-state index in [1.54, 1.807) is 4.31 Å². The average molecular weight is 320 g/mol. The Bertz CT molecular complexity index is 386. The van der Waals surface area contributed by atoms with Crippen LogP contribution in [-0.2, 0) is 10.0 Å². The maximum atomic E-state index is 12.3. The molecule has 5 nitrogen and oxygen atoms in total. The van der Waals surface area contributed by atoms with Crippen LogP contribution in [0.1, 0.15) is 40.0 Å². The highest BCUT2D eigenvalue weighted by molar-refractivity contribution is 7.89. The summed E-state index contributed by atoms with van der Waals surface area (Å²) in [6.07, 6.45) is 2.81. The topological polar surface area (TPSA) is 43.9 Å². The van der Waals surface area contributed by atoms with E-state index in [4.69, 9.17) is 0 Å². The van der Waals surface area contributed by atoms with Gasteiger partial charge in [-0.1, -0.05) is 13.3 Å². The number of unbranched alkanes of at least 4 members (excludes halogenated alkanes) is 1. The first kappa shape index (κ1) is 18.9. The standard InChI is InChI=1S/C15H33N3O2S/c1-6-7-11-21(19,20)17-12-14(2)18(15(3)13-17)10-8-9-16(4)5/h14-15H,6-13H2,1-5H3. The molecule has 2 atom stereocenters. The zero-order valence-corrected chi connectivity index (χ0v) is 15.2. The van der Waals surface area contributed by atoms with Crippen molar-refractivity contribution in [3.8, 4) is 0 Å². The van der Waals surface area contributed by atoms with Gasteiger partial charge in [-0.15, -0.1) is 0 Å². The number of nitrogens with zero attached hydrogens (tertiary/aromatic N) is 3. The Kier molecular flexibility index (Phi) is 7.60. The van der Waals surface area contributed by atoms with Crippen molar-refractivity contribution in [1.29, 1.82) is 0 Å². The number of hydrogen-bond donors (Lipinski definition) is 0. The van der Waals surface area contributed by atoms with Gasteiger partial charge in [-0.25, -0.2) is 8.42 Å². The van der Waals surface area contributed by atoms with Crippen molar-refractivity contribution >= 4 is 10.0 Å². The number of piperazine rings is 1. The van der Waals surface area contributed by atoms with Gasteiger partial charge in [0, 0.05) is 31.7 Å². The maximum Gasteiger partial charge on any atom is 0.214 e. The largest absolute Gasteiger partial charge is 0.309 e. The SMILES string of the molecule is CCCCS(=O)(=O)N1CC(C)N(CCCN(C)C)C(C)C1. The molecule has 1 saturated heterocycles. The molecular weight excluding hydrogens is 286 g/mol. The van der Waals surface area contributed by atoms with Crippen LogP contribution < -0.4 is 0 Å². The van der Waals surface area contributed by atoms with Crippen molar-refractivity contribution in [3.05, 3.63) is 0 Å². The van der Waals surface area contributed by atoms with Crippen molar-refractivity contribution in [2.75, 3.05) is 46.0 Å². The van der Waals surface area contributed by atoms with Gasteiger partial charge in [0.1, 0.15) is 0 Å². The molecule has 1 heterocycles. The smallest absolute Gasteiger partial charge is 0.214 e. The summed E-state index contributed by atoms with van der Waals surface area (Å²) in [6, 6.07) is 0.597. The molecule has 2 unspecified atom stereocenters. The van der Waals surface area contributed by atoms with Crippen LogP contribution in [0.4, 0.5) is 0 Å². The predicted molar refractivity (Wildman–Crippen MR) is 89.1 cm³/mol. The minimum absolute atomic E-state index is 0.295. The van der Waals surface area contributed by atoms with Crippen LogP contribution in [0.5, 0.6) is 0 Å². The first-order valence-corrected chi connectivity index (χ1v) is 9.77. The molecule has 0 saturated carbocycles. The molecule has 0 aliphatic carbocycles. The van der Waals surface area contributed by atoms with Gasteiger partial charge in [0.05, 0.1) is 5.75 Å². The van der Waals surface area contributed by atoms with Crippen LogP contribution in [-0.4, -0.2) is 80.6 Å². The fourth-order valence-electron chi connectivity index (χ4n) is 3.00. The van der Waals surface area contributed by atoms with Gasteiger partial charge in [-0.3, -0.25) is 4.90 Å². The summed E-state index contributed by atoms with van der Waals surface area (Å²) in [4.78, 5) is 4.65. The first-order valence-electron chi connectivity index (χ1n) is 8.16. The Morgan fingerprint density at radius 3 is 2.14 bits per heavy atom. The van der Waals surface area contributed by atoms with Crippen LogP contribution in [0.25, 0.3) is 0 Å². The van der Waals surface area contributed by atoms with E-state index in [1.165, 1.54) is 0 Å². The van der Waals surface area contributed by atoms with Gasteiger partial charge < -0.3 is 4.90 Å². The van der Waals surface area contributed by atoms with E-state index in [-0.39, 0.29) is 0 Å². The van der Waals surface area contributed by atoms with Gasteiger partial charge in [-0.05, 0) is 47.3 Å². The lowest BCUT2D eigenvalue weighted by atomic mass is 10.1. The second kappa shape index (κ2) is 8.46. The molecule has 0 radical (unpaired) electrons. The number of rotatable bonds is 8. The minimum Gasteiger partial charge on any atom is -0.309 e. The molecule has 0 spiro atoms. The molecule has 0 aromatic carbocycles. The van der Waals surface area contributed by atoms with Gasteiger partial charge in [0.2, 0.25) is 10.0 Å². The molecule has 1 aliphatic heterocycles. The summed E-state index contributed by atoms with van der Waals surface area (Å²) in [5.41, 5.74) is 0. The number of sulfonamides is 1. The molecule has 0 N–H and O–H groups in total. The third-order valence-electron chi connectivity index (χ3n) is 4.24. The fraction of sp³-hybridized carbons (Fsp3) is 1.00. The van der Waals surface area contributed by atoms with E-state index in [1.807, 2.05) is 6.92 Å². The summed E-state index contributed by atoms with van der Waals surface area (Å²) in [5.74, 6) is 0.295. The maximum absolute atomic E-state index is 12.3. The Labute approximate surface area is 131 Å². The van der Waals surface area contributed by atoms with Gasteiger partial charge in [-0.2, -0.15) is 4.31 Å². The Balaban J connectivity index is 2.56. The number of hydrogen-bond acceptors (Lipinski definition) is 4. The monoisotopic (exact) mass is 319 g/mol. The molecule has 1 aliphatic rings. The zero-order chi connectivity index (χ0) is 16.0. The third kappa shape index (κ3) is 5.85. The van der Waals surface area contributed by atoms with E-state index >= 15 is 0 Å². The Hall–Kier alpha value is -0.170. The molecule has 126 valence electrons. The molecular formula is C15H33N3O2S. The molecule has 1 fully saturated rings. The molecule has 0 aromatic heterocycles. The van der Waals surface area contributed by atoms with Crippen molar-refractivity contribution < 1.29 is 8.42 Å². The fourth-order valence-corrected chi connectivity index (χ4v) is 4.80. The van der Waals surface area contributed by atoms with Crippen LogP contribution in [0, 0.1) is 0 Å². The van der Waals surface area contributed by atoms with Crippen molar-refractivity contribution in [1.82, 2.24) is 14.1 Å². The van der Waals surface area contributed by atoms with E-state index < -0.39 is 10.0 Å². The second-order valence-electron chi connectivity index (χ2n) is 6.58. The van der Waals surface area contributed by atoms with E-state index in [2.05, 4.69) is 37.7 Å². The van der Waals surface area contributed by atoms with Crippen molar-refractivity contribution in [3.63, 3.8) is 0 Å². The molecule has 0 bridgehead atoms. The molecule has 0 amide bonds. The van der Waals surface area contributed by atoms with Crippen molar-refractivity contribution in [2.24, 2.45) is 0 Å². The van der Waals surface area contributed by atoms with Crippen LogP contribution in [0.15, 0.2) is 0 Å². The van der Waals surface area contributed by atoms with Gasteiger partial charge in [0.15, 0.2) is 0 Å². The summed E-state index contributed by atoms with van der Waals surface area (Å²) in [6.45, 7) is 9.72. The highest BCUT2D eigenvalue weighted by Crippen LogP contribution is 2.19. The summed E-state index contributed by atoms with van der Waals surface area (Å²) >= 11 is 0. The van der Waals surface area contributed by atoms with Crippen molar-refractivity contribution in [2.45, 2.75) is 52.1 Å². The summed E-state index contributed by atoms with van der Waals surface area (Å²) in [7, 11) is 1.11. The zero-order valence-electron chi connectivity index (χ0n) is 14.4. The summed E-state index contributed by atoms with van der Waals surface area (Å²) < 4.78 is 26.4. The summed E-state index contributed by atoms with van der Waals surface area (Å²) in [5, 5.41) is 0. The van der Waals surface area contributed by atoms with Crippen LogP contribution >= 0.6 is 0 Å². The normalized spacial score (nSPS) is 25.6. The predicted octanol–water partition coefficient (Wildman–Crippen LogP) is 1.46. The third-order valence-corrected chi connectivity index (χ3v) is 6.13. The van der Waals surface area contributed by atoms with Crippen LogP contribution in [0.3, 0.4) is 0 Å². The lowest BCUT2D eigenvalue weighted by Crippen LogP contribution is -2.58. The van der Waals surface area contributed by atoms with E-state index in [0.717, 1.165) is 32.4 Å². The lowest BCUT2D eigenvalue weighted by molar-refractivity contribution is 0.0740. The average Bonchev–Trinajstić information content (AvgIpc) is 2.39. The minimum atomic E-state index is -3.07. The highest BCUT2D eigenvalue weighted by Gasteiger charge is 2.34. The molecule has 6 heteroatoms. The second-order valence-corrected chi connectivity index (χ2v) is 8.67. The Morgan fingerprint density at radius 2 is 1.67 bits per heavy atom. The van der Waals surface area contributed by atoms with E-state index in [0.29, 0.717) is 30.9 Å². The van der Waals surface area contributed by atoms with Gasteiger partial charge >= 0.3 is 0 Å². The highest BCUT2D eigenvalue weighted by atomic mass is 32.2. The molecule has 21 heavy (non-hydrogen) atoms. The van der Waals surface area contributed by atoms with Crippen LogP contribution in [0.2, 0.25) is 0 Å². The Morgan fingerprint density at radius 1 is 1.10 bits per heavy atom. The molecule has 1 rings (SSSR count).